The number of aromatic nitrogens is 4. The average Bonchev–Trinajstić information content (AvgIpc) is 2.82. The molecule has 0 aromatic carbocycles. The third-order valence-electron chi connectivity index (χ3n) is 2.94. The fraction of sp³-hybridized carbons (Fsp3) is 0.364. The first-order chi connectivity index (χ1) is 8.63. The lowest BCUT2D eigenvalue weighted by Crippen LogP contribution is -2.25. The topological polar surface area (TPSA) is 72.9 Å². The first-order valence-electron chi connectivity index (χ1n) is 5.56. The van der Waals surface area contributed by atoms with Crippen LogP contribution in [0.3, 0.4) is 0 Å². The number of fused-ring (bicyclic) bond motifs is 3. The monoisotopic (exact) mass is 264 g/mol. The zero-order valence-corrected chi connectivity index (χ0v) is 10.9. The number of hydrogen-bond acceptors (Lipinski definition) is 5. The van der Waals surface area contributed by atoms with Gasteiger partial charge in [0.1, 0.15) is 5.52 Å². The Labute approximate surface area is 106 Å². The molecule has 0 amide bonds. The van der Waals surface area contributed by atoms with Crippen LogP contribution < -0.4 is 5.56 Å². The molecule has 7 heteroatoms. The molecule has 0 spiro atoms. The summed E-state index contributed by atoms with van der Waals surface area (Å²) in [6, 6.07) is 0. The number of thiazole rings is 1. The molecule has 0 saturated carbocycles. The van der Waals surface area contributed by atoms with Crippen molar-refractivity contribution in [3.63, 3.8) is 0 Å². The summed E-state index contributed by atoms with van der Waals surface area (Å²) in [5.74, 6) is 0. The second kappa shape index (κ2) is 3.89. The molecule has 0 unspecified atom stereocenters. The van der Waals surface area contributed by atoms with Crippen LogP contribution in [-0.4, -0.2) is 31.0 Å². The van der Waals surface area contributed by atoms with Crippen LogP contribution >= 0.6 is 11.3 Å². The maximum atomic E-state index is 12.2. The number of hydrogen-bond donors (Lipinski definition) is 1. The van der Waals surface area contributed by atoms with E-state index in [2.05, 4.69) is 10.1 Å². The summed E-state index contributed by atoms with van der Waals surface area (Å²) in [6.07, 6.45) is 1.67. The van der Waals surface area contributed by atoms with Gasteiger partial charge in [-0.3, -0.25) is 4.79 Å². The van der Waals surface area contributed by atoms with Gasteiger partial charge in [0.05, 0.1) is 29.1 Å². The van der Waals surface area contributed by atoms with E-state index >= 15 is 0 Å². The molecule has 3 rings (SSSR count). The smallest absolute Gasteiger partial charge is 0.291 e. The molecule has 0 fully saturated rings. The molecule has 18 heavy (non-hydrogen) atoms. The van der Waals surface area contributed by atoms with Gasteiger partial charge in [0, 0.05) is 12.4 Å². The van der Waals surface area contributed by atoms with Gasteiger partial charge in [-0.05, 0) is 6.92 Å². The SMILES string of the molecule is Cc1nc2c(s1)c1cnn(CCO)c(=O)c1n2C. The van der Waals surface area contributed by atoms with E-state index in [1.807, 2.05) is 14.0 Å². The molecule has 6 nitrogen and oxygen atoms in total. The van der Waals surface area contributed by atoms with Crippen molar-refractivity contribution in [1.82, 2.24) is 19.3 Å². The summed E-state index contributed by atoms with van der Waals surface area (Å²) in [7, 11) is 1.83. The molecule has 0 aliphatic carbocycles. The Morgan fingerprint density at radius 1 is 1.50 bits per heavy atom. The van der Waals surface area contributed by atoms with Crippen molar-refractivity contribution in [2.24, 2.45) is 7.05 Å². The number of aliphatic hydroxyl groups excluding tert-OH is 1. The van der Waals surface area contributed by atoms with Crippen LogP contribution in [0.2, 0.25) is 0 Å². The largest absolute Gasteiger partial charge is 0.394 e. The lowest BCUT2D eigenvalue weighted by atomic mass is 10.3. The highest BCUT2D eigenvalue weighted by Gasteiger charge is 2.16. The van der Waals surface area contributed by atoms with E-state index in [-0.39, 0.29) is 18.7 Å². The molecule has 94 valence electrons. The van der Waals surface area contributed by atoms with E-state index in [9.17, 15) is 4.79 Å². The number of aliphatic hydroxyl groups is 1. The predicted molar refractivity (Wildman–Crippen MR) is 70.0 cm³/mol. The Bertz CT molecular complexity index is 799. The van der Waals surface area contributed by atoms with Crippen LogP contribution in [0.4, 0.5) is 0 Å². The van der Waals surface area contributed by atoms with Crippen molar-refractivity contribution in [3.05, 3.63) is 21.6 Å². The van der Waals surface area contributed by atoms with Gasteiger partial charge in [0.2, 0.25) is 0 Å². The summed E-state index contributed by atoms with van der Waals surface area (Å²) in [6.45, 7) is 2.05. The fourth-order valence-electron chi connectivity index (χ4n) is 2.15. The van der Waals surface area contributed by atoms with Gasteiger partial charge < -0.3 is 9.67 Å². The summed E-state index contributed by atoms with van der Waals surface area (Å²) in [4.78, 5) is 16.7. The highest BCUT2D eigenvalue weighted by Crippen LogP contribution is 2.29. The van der Waals surface area contributed by atoms with Crippen LogP contribution in [0.15, 0.2) is 11.0 Å². The van der Waals surface area contributed by atoms with Gasteiger partial charge in [-0.25, -0.2) is 9.67 Å². The molecule has 0 bridgehead atoms. The number of rotatable bonds is 2. The van der Waals surface area contributed by atoms with Crippen LogP contribution in [-0.2, 0) is 13.6 Å². The summed E-state index contributed by atoms with van der Waals surface area (Å²) in [5.41, 5.74) is 1.22. The molecule has 0 saturated heterocycles. The van der Waals surface area contributed by atoms with Gasteiger partial charge in [-0.2, -0.15) is 5.10 Å². The maximum absolute atomic E-state index is 12.2. The molecule has 0 radical (unpaired) electrons. The third-order valence-corrected chi connectivity index (χ3v) is 3.94. The van der Waals surface area contributed by atoms with Crippen molar-refractivity contribution >= 4 is 32.6 Å². The molecule has 0 atom stereocenters. The van der Waals surface area contributed by atoms with Crippen molar-refractivity contribution < 1.29 is 5.11 Å². The third kappa shape index (κ3) is 1.41. The minimum absolute atomic E-state index is 0.103. The maximum Gasteiger partial charge on any atom is 0.291 e. The Hall–Kier alpha value is -1.73. The number of nitrogens with zero attached hydrogens (tertiary/aromatic N) is 4. The van der Waals surface area contributed by atoms with Crippen LogP contribution in [0, 0.1) is 6.92 Å². The minimum atomic E-state index is -0.188. The Balaban J connectivity index is 2.45. The second-order valence-corrected chi connectivity index (χ2v) is 5.31. The van der Waals surface area contributed by atoms with Gasteiger partial charge in [0.15, 0.2) is 5.65 Å². The van der Waals surface area contributed by atoms with Crippen LogP contribution in [0.5, 0.6) is 0 Å². The van der Waals surface area contributed by atoms with Gasteiger partial charge in [-0.15, -0.1) is 11.3 Å². The van der Waals surface area contributed by atoms with E-state index in [0.29, 0.717) is 5.52 Å². The van der Waals surface area contributed by atoms with Gasteiger partial charge in [0.25, 0.3) is 5.56 Å². The number of aryl methyl sites for hydroxylation is 2. The second-order valence-electron chi connectivity index (χ2n) is 4.10. The average molecular weight is 264 g/mol. The molecule has 3 heterocycles. The Morgan fingerprint density at radius 2 is 2.28 bits per heavy atom. The van der Waals surface area contributed by atoms with Gasteiger partial charge in [-0.1, -0.05) is 0 Å². The minimum Gasteiger partial charge on any atom is -0.394 e. The van der Waals surface area contributed by atoms with E-state index in [1.165, 1.54) is 4.68 Å². The van der Waals surface area contributed by atoms with Crippen LogP contribution in [0.1, 0.15) is 5.01 Å². The Morgan fingerprint density at radius 3 is 3.00 bits per heavy atom. The first kappa shape index (κ1) is 11.4. The zero-order chi connectivity index (χ0) is 12.9. The molecule has 0 aliphatic heterocycles. The van der Waals surface area contributed by atoms with Crippen molar-refractivity contribution in [1.29, 1.82) is 0 Å². The quantitative estimate of drug-likeness (QED) is 0.737. The summed E-state index contributed by atoms with van der Waals surface area (Å²) >= 11 is 1.56. The molecule has 3 aromatic heterocycles. The normalized spacial score (nSPS) is 11.7. The fourth-order valence-corrected chi connectivity index (χ4v) is 3.11. The standard InChI is InChI=1S/C11H12N4O2S/c1-6-13-10-9(18-6)7-5-12-15(3-4-16)11(17)8(7)14(10)2/h5,16H,3-4H2,1-2H3. The van der Waals surface area contributed by atoms with E-state index in [0.717, 1.165) is 20.7 Å². The molecular formula is C11H12N4O2S. The zero-order valence-electron chi connectivity index (χ0n) is 10.0. The van der Waals surface area contributed by atoms with E-state index in [4.69, 9.17) is 5.11 Å². The van der Waals surface area contributed by atoms with Crippen molar-refractivity contribution in [2.75, 3.05) is 6.61 Å². The molecule has 0 aliphatic rings. The van der Waals surface area contributed by atoms with E-state index < -0.39 is 0 Å². The highest BCUT2D eigenvalue weighted by atomic mass is 32.1. The molecular weight excluding hydrogens is 252 g/mol. The van der Waals surface area contributed by atoms with Gasteiger partial charge >= 0.3 is 0 Å². The molecule has 1 N–H and O–H groups in total. The summed E-state index contributed by atoms with van der Waals surface area (Å²) in [5, 5.41) is 14.8. The van der Waals surface area contributed by atoms with Crippen molar-refractivity contribution in [3.8, 4) is 0 Å². The van der Waals surface area contributed by atoms with Crippen molar-refractivity contribution in [2.45, 2.75) is 13.5 Å². The lowest BCUT2D eigenvalue weighted by Gasteiger charge is -2.02. The summed E-state index contributed by atoms with van der Waals surface area (Å²) < 4.78 is 4.07. The molecule has 3 aromatic rings. The Kier molecular flexibility index (Phi) is 2.46. The van der Waals surface area contributed by atoms with E-state index in [1.54, 1.807) is 22.1 Å². The lowest BCUT2D eigenvalue weighted by molar-refractivity contribution is 0.266. The van der Waals surface area contributed by atoms with Crippen LogP contribution in [0.25, 0.3) is 21.3 Å². The first-order valence-corrected chi connectivity index (χ1v) is 6.37. The highest BCUT2D eigenvalue weighted by molar-refractivity contribution is 7.19. The predicted octanol–water partition coefficient (Wildman–Crippen LogP) is 0.645.